The average molecular weight is 524 g/mol. The van der Waals surface area contributed by atoms with Gasteiger partial charge in [0.25, 0.3) is 0 Å². The zero-order valence-corrected chi connectivity index (χ0v) is 24.8. The summed E-state index contributed by atoms with van der Waals surface area (Å²) in [5, 5.41) is 8.67. The molecule has 0 aromatic rings. The third-order valence-corrected chi connectivity index (χ3v) is 8.05. The highest BCUT2D eigenvalue weighted by atomic mass is 16.5. The number of nitrogens with zero attached hydrogens (tertiary/aromatic N) is 1. The minimum absolute atomic E-state index is 0.00328. The molecule has 3 atom stereocenters. The van der Waals surface area contributed by atoms with E-state index in [0.29, 0.717) is 12.8 Å². The van der Waals surface area contributed by atoms with Crippen molar-refractivity contribution in [2.75, 3.05) is 20.6 Å². The number of esters is 1. The van der Waals surface area contributed by atoms with Crippen molar-refractivity contribution in [1.29, 1.82) is 0 Å². The summed E-state index contributed by atoms with van der Waals surface area (Å²) in [6, 6.07) is 0. The molecule has 1 rings (SSSR count). The standard InChI is InChI=1S/C32H61NO4/c1-4-5-6-16-22-30(37-32(36)25-19-26-33(2)3)23-17-12-8-7-10-14-20-28-27-29(28)21-15-11-9-13-18-24-31(34)35/h28-30H,4-27H2,1-3H3,(H,34,35). The SMILES string of the molecule is CCCCCCC(CCCCCCCCC1CC1CCCCCCCC(=O)O)OC(=O)CCCN(C)C. The van der Waals surface area contributed by atoms with Crippen molar-refractivity contribution >= 4 is 11.9 Å². The zero-order valence-electron chi connectivity index (χ0n) is 24.8. The predicted octanol–water partition coefficient (Wildman–Crippen LogP) is 8.78. The summed E-state index contributed by atoms with van der Waals surface area (Å²) >= 11 is 0. The van der Waals surface area contributed by atoms with Crippen molar-refractivity contribution < 1.29 is 19.4 Å². The minimum Gasteiger partial charge on any atom is -0.481 e. The minimum atomic E-state index is -0.660. The lowest BCUT2D eigenvalue weighted by atomic mass is 10.0. The van der Waals surface area contributed by atoms with Crippen molar-refractivity contribution in [3.05, 3.63) is 0 Å². The number of hydrogen-bond donors (Lipinski definition) is 1. The highest BCUT2D eigenvalue weighted by Gasteiger charge is 2.35. The second-order valence-electron chi connectivity index (χ2n) is 12.0. The first-order valence-electron chi connectivity index (χ1n) is 16.0. The van der Waals surface area contributed by atoms with E-state index in [1.807, 2.05) is 14.1 Å². The summed E-state index contributed by atoms with van der Waals surface area (Å²) in [4.78, 5) is 24.9. The second-order valence-corrected chi connectivity index (χ2v) is 12.0. The quantitative estimate of drug-likeness (QED) is 0.0860. The van der Waals surface area contributed by atoms with E-state index in [4.69, 9.17) is 9.84 Å². The van der Waals surface area contributed by atoms with Gasteiger partial charge in [0.15, 0.2) is 0 Å². The number of rotatable bonds is 27. The zero-order chi connectivity index (χ0) is 27.1. The van der Waals surface area contributed by atoms with E-state index < -0.39 is 5.97 Å². The Labute approximate surface area is 229 Å². The lowest BCUT2D eigenvalue weighted by molar-refractivity contribution is -0.150. The summed E-state index contributed by atoms with van der Waals surface area (Å²) in [6.45, 7) is 3.18. The van der Waals surface area contributed by atoms with Gasteiger partial charge in [0, 0.05) is 12.8 Å². The number of carbonyl (C=O) groups excluding carboxylic acids is 1. The Balaban J connectivity index is 2.00. The Morgan fingerprint density at radius 1 is 0.730 bits per heavy atom. The van der Waals surface area contributed by atoms with Crippen LogP contribution in [0.4, 0.5) is 0 Å². The molecule has 1 aliphatic rings. The molecule has 0 saturated heterocycles. The fourth-order valence-corrected chi connectivity index (χ4v) is 5.56. The van der Waals surface area contributed by atoms with Gasteiger partial charge in [-0.05, 0) is 77.4 Å². The molecular formula is C32H61NO4. The molecule has 0 spiro atoms. The number of ether oxygens (including phenoxy) is 1. The molecule has 0 aromatic heterocycles. The van der Waals surface area contributed by atoms with Crippen LogP contribution in [0, 0.1) is 11.8 Å². The van der Waals surface area contributed by atoms with E-state index in [2.05, 4.69) is 11.8 Å². The number of hydrogen-bond acceptors (Lipinski definition) is 4. The molecule has 0 aromatic carbocycles. The van der Waals surface area contributed by atoms with Crippen LogP contribution < -0.4 is 0 Å². The van der Waals surface area contributed by atoms with Crippen LogP contribution in [0.1, 0.15) is 155 Å². The van der Waals surface area contributed by atoms with E-state index in [1.54, 1.807) is 0 Å². The van der Waals surface area contributed by atoms with Crippen LogP contribution >= 0.6 is 0 Å². The Morgan fingerprint density at radius 3 is 1.78 bits per heavy atom. The van der Waals surface area contributed by atoms with E-state index in [-0.39, 0.29) is 12.1 Å². The van der Waals surface area contributed by atoms with Crippen LogP contribution in [-0.4, -0.2) is 48.7 Å². The molecule has 5 heteroatoms. The van der Waals surface area contributed by atoms with Gasteiger partial charge in [0.2, 0.25) is 0 Å². The first-order chi connectivity index (χ1) is 17.9. The summed E-state index contributed by atoms with van der Waals surface area (Å²) in [6.07, 6.45) is 26.8. The number of carbonyl (C=O) groups is 2. The monoisotopic (exact) mass is 523 g/mol. The Morgan fingerprint density at radius 2 is 1.24 bits per heavy atom. The van der Waals surface area contributed by atoms with Crippen molar-refractivity contribution in [2.45, 2.75) is 161 Å². The summed E-state index contributed by atoms with van der Waals surface area (Å²) < 4.78 is 5.88. The van der Waals surface area contributed by atoms with Gasteiger partial charge in [0.1, 0.15) is 6.10 Å². The third-order valence-electron chi connectivity index (χ3n) is 8.05. The lowest BCUT2D eigenvalue weighted by Crippen LogP contribution is -2.20. The molecule has 0 aliphatic heterocycles. The van der Waals surface area contributed by atoms with Gasteiger partial charge in [0.05, 0.1) is 0 Å². The van der Waals surface area contributed by atoms with E-state index >= 15 is 0 Å². The van der Waals surface area contributed by atoms with E-state index in [0.717, 1.165) is 50.5 Å². The van der Waals surface area contributed by atoms with Gasteiger partial charge in [-0.15, -0.1) is 0 Å². The van der Waals surface area contributed by atoms with Gasteiger partial charge in [-0.3, -0.25) is 9.59 Å². The van der Waals surface area contributed by atoms with Crippen LogP contribution in [0.25, 0.3) is 0 Å². The van der Waals surface area contributed by atoms with Crippen LogP contribution in [0.15, 0.2) is 0 Å². The van der Waals surface area contributed by atoms with Gasteiger partial charge >= 0.3 is 11.9 Å². The van der Waals surface area contributed by atoms with Gasteiger partial charge in [-0.1, -0.05) is 96.8 Å². The van der Waals surface area contributed by atoms with E-state index in [1.165, 1.54) is 103 Å². The fourth-order valence-electron chi connectivity index (χ4n) is 5.56. The average Bonchev–Trinajstić information content (AvgIpc) is 3.60. The largest absolute Gasteiger partial charge is 0.481 e. The highest BCUT2D eigenvalue weighted by Crippen LogP contribution is 2.45. The van der Waals surface area contributed by atoms with Crippen LogP contribution in [0.3, 0.4) is 0 Å². The molecule has 3 unspecified atom stereocenters. The highest BCUT2D eigenvalue weighted by molar-refractivity contribution is 5.69. The van der Waals surface area contributed by atoms with E-state index in [9.17, 15) is 9.59 Å². The molecule has 1 fully saturated rings. The molecular weight excluding hydrogens is 462 g/mol. The summed E-state index contributed by atoms with van der Waals surface area (Å²) in [5.41, 5.74) is 0. The summed E-state index contributed by atoms with van der Waals surface area (Å²) in [5.74, 6) is 1.32. The first kappa shape index (κ1) is 33.9. The third kappa shape index (κ3) is 21.5. The molecule has 1 aliphatic carbocycles. The number of carboxylic acid groups (broad SMARTS) is 1. The normalized spacial score (nSPS) is 17.7. The maximum Gasteiger partial charge on any atom is 0.306 e. The molecule has 218 valence electrons. The molecule has 0 bridgehead atoms. The topological polar surface area (TPSA) is 66.8 Å². The number of aliphatic carboxylic acids is 1. The Hall–Kier alpha value is -1.10. The van der Waals surface area contributed by atoms with Crippen molar-refractivity contribution in [1.82, 2.24) is 4.90 Å². The van der Waals surface area contributed by atoms with Gasteiger partial charge in [-0.25, -0.2) is 0 Å². The van der Waals surface area contributed by atoms with Crippen molar-refractivity contribution in [3.8, 4) is 0 Å². The summed E-state index contributed by atoms with van der Waals surface area (Å²) in [7, 11) is 4.09. The fraction of sp³-hybridized carbons (Fsp3) is 0.938. The molecule has 1 saturated carbocycles. The molecule has 5 nitrogen and oxygen atoms in total. The van der Waals surface area contributed by atoms with Crippen LogP contribution in [0.5, 0.6) is 0 Å². The van der Waals surface area contributed by atoms with Gasteiger partial charge < -0.3 is 14.7 Å². The van der Waals surface area contributed by atoms with Crippen LogP contribution in [-0.2, 0) is 14.3 Å². The molecule has 1 N–H and O–H groups in total. The smallest absolute Gasteiger partial charge is 0.306 e. The maximum atomic E-state index is 12.3. The molecule has 0 amide bonds. The maximum absolute atomic E-state index is 12.3. The molecule has 0 radical (unpaired) electrons. The molecule has 0 heterocycles. The van der Waals surface area contributed by atoms with Crippen molar-refractivity contribution in [2.24, 2.45) is 11.8 Å². The van der Waals surface area contributed by atoms with Crippen molar-refractivity contribution in [3.63, 3.8) is 0 Å². The second kappa shape index (κ2) is 22.8. The van der Waals surface area contributed by atoms with Gasteiger partial charge in [-0.2, -0.15) is 0 Å². The Bertz CT molecular complexity index is 565. The predicted molar refractivity (Wildman–Crippen MR) is 155 cm³/mol. The number of unbranched alkanes of at least 4 members (excludes halogenated alkanes) is 12. The Kier molecular flexibility index (Phi) is 20.9. The first-order valence-corrected chi connectivity index (χ1v) is 16.0. The van der Waals surface area contributed by atoms with Crippen LogP contribution in [0.2, 0.25) is 0 Å². The molecule has 37 heavy (non-hydrogen) atoms. The number of carboxylic acids is 1. The lowest BCUT2D eigenvalue weighted by Gasteiger charge is -2.18.